The zero-order chi connectivity index (χ0) is 11.4. The zero-order valence-corrected chi connectivity index (χ0v) is 7.61. The Morgan fingerprint density at radius 2 is 2.07 bits per heavy atom. The Morgan fingerprint density at radius 1 is 1.47 bits per heavy atom. The molecule has 1 heterocycles. The fraction of sp³-hybridized carbons (Fsp3) is 0.250. The minimum atomic E-state index is -3.06. The Kier molecular flexibility index (Phi) is 3.37. The number of carbonyl (C=O) groups is 1. The number of alkyl halides is 2. The zero-order valence-electron chi connectivity index (χ0n) is 7.61. The van der Waals surface area contributed by atoms with Gasteiger partial charge in [-0.25, -0.2) is 4.79 Å². The van der Waals surface area contributed by atoms with Crippen LogP contribution in [0.2, 0.25) is 0 Å². The number of hydrogen-bond acceptors (Lipinski definition) is 4. The van der Waals surface area contributed by atoms with Crippen molar-refractivity contribution in [2.24, 2.45) is 0 Å². The summed E-state index contributed by atoms with van der Waals surface area (Å²) in [4.78, 5) is 14.1. The number of rotatable bonds is 4. The van der Waals surface area contributed by atoms with Crippen molar-refractivity contribution in [3.8, 4) is 11.8 Å². The highest BCUT2D eigenvalue weighted by Gasteiger charge is 2.12. The maximum atomic E-state index is 11.8. The van der Waals surface area contributed by atoms with E-state index < -0.39 is 18.5 Å². The van der Waals surface area contributed by atoms with Crippen LogP contribution in [0.5, 0.6) is 11.8 Å². The van der Waals surface area contributed by atoms with Gasteiger partial charge in [-0.2, -0.15) is 13.8 Å². The molecule has 1 N–H and O–H groups in total. The summed E-state index contributed by atoms with van der Waals surface area (Å²) in [6, 6.07) is 1.98. The van der Waals surface area contributed by atoms with Gasteiger partial charge in [-0.05, 0) is 0 Å². The van der Waals surface area contributed by atoms with Crippen molar-refractivity contribution in [2.45, 2.75) is 6.61 Å². The molecule has 1 aromatic rings. The van der Waals surface area contributed by atoms with Crippen molar-refractivity contribution < 1.29 is 28.2 Å². The lowest BCUT2D eigenvalue weighted by molar-refractivity contribution is -0.0531. The normalized spacial score (nSPS) is 10.1. The largest absolute Gasteiger partial charge is 0.481 e. The molecule has 5 nitrogen and oxygen atoms in total. The number of carboxylic acid groups (broad SMARTS) is 1. The monoisotopic (exact) mass is 219 g/mol. The third kappa shape index (κ3) is 3.04. The molecule has 82 valence electrons. The number of aromatic nitrogens is 1. The fourth-order valence-electron chi connectivity index (χ4n) is 0.861. The van der Waals surface area contributed by atoms with Crippen LogP contribution in [0.1, 0.15) is 10.4 Å². The molecule has 0 aliphatic rings. The van der Waals surface area contributed by atoms with E-state index in [1.165, 1.54) is 7.11 Å². The molecule has 0 saturated heterocycles. The van der Waals surface area contributed by atoms with E-state index in [2.05, 4.69) is 14.5 Å². The van der Waals surface area contributed by atoms with Gasteiger partial charge in [0, 0.05) is 12.1 Å². The minimum Gasteiger partial charge on any atom is -0.481 e. The highest BCUT2D eigenvalue weighted by Crippen LogP contribution is 2.19. The van der Waals surface area contributed by atoms with Gasteiger partial charge in [0.1, 0.15) is 0 Å². The molecule has 0 aliphatic carbocycles. The first-order chi connectivity index (χ1) is 7.02. The van der Waals surface area contributed by atoms with E-state index >= 15 is 0 Å². The van der Waals surface area contributed by atoms with E-state index in [1.807, 2.05) is 0 Å². The lowest BCUT2D eigenvalue weighted by Gasteiger charge is -2.06. The summed E-state index contributed by atoms with van der Waals surface area (Å²) in [5, 5.41) is 8.64. The molecule has 0 spiro atoms. The van der Waals surface area contributed by atoms with Gasteiger partial charge >= 0.3 is 12.6 Å². The number of carboxylic acids is 1. The van der Waals surface area contributed by atoms with Crippen LogP contribution < -0.4 is 9.47 Å². The van der Waals surface area contributed by atoms with Crippen LogP contribution in [0.4, 0.5) is 8.78 Å². The number of aromatic carboxylic acids is 1. The van der Waals surface area contributed by atoms with Crippen LogP contribution in [0.25, 0.3) is 0 Å². The smallest absolute Gasteiger partial charge is 0.388 e. The van der Waals surface area contributed by atoms with Crippen LogP contribution in [-0.4, -0.2) is 29.8 Å². The van der Waals surface area contributed by atoms with E-state index in [9.17, 15) is 13.6 Å². The van der Waals surface area contributed by atoms with Crippen molar-refractivity contribution >= 4 is 5.97 Å². The number of pyridine rings is 1. The third-order valence-electron chi connectivity index (χ3n) is 1.44. The number of nitrogens with zero attached hydrogens (tertiary/aromatic N) is 1. The van der Waals surface area contributed by atoms with E-state index in [-0.39, 0.29) is 11.4 Å². The Bertz CT molecular complexity index is 370. The summed E-state index contributed by atoms with van der Waals surface area (Å²) in [5.41, 5.74) is -0.238. The second kappa shape index (κ2) is 4.54. The Balaban J connectivity index is 3.05. The van der Waals surface area contributed by atoms with Gasteiger partial charge in [0.05, 0.1) is 12.7 Å². The Morgan fingerprint density at radius 3 is 2.53 bits per heavy atom. The molecule has 0 amide bonds. The standard InChI is InChI=1S/C8H7F2NO4/c1-14-5-2-4(7(12)13)3-6(11-5)15-8(9)10/h2-3,8H,1H3,(H,12,13). The highest BCUT2D eigenvalue weighted by atomic mass is 19.3. The van der Waals surface area contributed by atoms with Crippen LogP contribution in [-0.2, 0) is 0 Å². The Hall–Kier alpha value is -1.92. The molecule has 7 heteroatoms. The average molecular weight is 219 g/mol. The number of ether oxygens (including phenoxy) is 2. The van der Waals surface area contributed by atoms with Crippen LogP contribution in [0.15, 0.2) is 12.1 Å². The van der Waals surface area contributed by atoms with Gasteiger partial charge in [0.15, 0.2) is 0 Å². The summed E-state index contributed by atoms with van der Waals surface area (Å²) < 4.78 is 32.3. The van der Waals surface area contributed by atoms with Gasteiger partial charge in [-0.15, -0.1) is 0 Å². The molecule has 15 heavy (non-hydrogen) atoms. The van der Waals surface area contributed by atoms with E-state index in [0.29, 0.717) is 0 Å². The minimum absolute atomic E-state index is 0.106. The van der Waals surface area contributed by atoms with Crippen LogP contribution in [0.3, 0.4) is 0 Å². The summed E-state index contributed by atoms with van der Waals surface area (Å²) in [6.45, 7) is -3.06. The van der Waals surface area contributed by atoms with Gasteiger partial charge in [0.25, 0.3) is 0 Å². The molecular formula is C8H7F2NO4. The Labute approximate surface area is 83.3 Å². The molecule has 0 unspecified atom stereocenters. The number of methoxy groups -OCH3 is 1. The second-order valence-corrected chi connectivity index (χ2v) is 2.42. The molecule has 0 aromatic carbocycles. The van der Waals surface area contributed by atoms with Crippen molar-refractivity contribution in [3.05, 3.63) is 17.7 Å². The molecule has 0 bridgehead atoms. The summed E-state index contributed by atoms with van der Waals surface area (Å²) in [5.74, 6) is -1.89. The summed E-state index contributed by atoms with van der Waals surface area (Å²) in [6.07, 6.45) is 0. The second-order valence-electron chi connectivity index (χ2n) is 2.42. The average Bonchev–Trinajstić information content (AvgIpc) is 2.16. The first-order valence-electron chi connectivity index (χ1n) is 3.77. The highest BCUT2D eigenvalue weighted by molar-refractivity contribution is 5.88. The van der Waals surface area contributed by atoms with Crippen LogP contribution in [0, 0.1) is 0 Å². The molecule has 0 fully saturated rings. The predicted octanol–water partition coefficient (Wildman–Crippen LogP) is 1.39. The van der Waals surface area contributed by atoms with Crippen molar-refractivity contribution in [2.75, 3.05) is 7.11 Å². The van der Waals surface area contributed by atoms with E-state index in [1.54, 1.807) is 0 Å². The first-order valence-corrected chi connectivity index (χ1v) is 3.77. The quantitative estimate of drug-likeness (QED) is 0.828. The van der Waals surface area contributed by atoms with Gasteiger partial charge in [-0.1, -0.05) is 0 Å². The molecule has 0 saturated carbocycles. The molecule has 0 atom stereocenters. The third-order valence-corrected chi connectivity index (χ3v) is 1.44. The lowest BCUT2D eigenvalue weighted by atomic mass is 10.2. The molecular weight excluding hydrogens is 212 g/mol. The van der Waals surface area contributed by atoms with Gasteiger partial charge < -0.3 is 14.6 Å². The fourth-order valence-corrected chi connectivity index (χ4v) is 0.861. The topological polar surface area (TPSA) is 68.7 Å². The maximum Gasteiger partial charge on any atom is 0.388 e. The molecule has 1 aromatic heterocycles. The lowest BCUT2D eigenvalue weighted by Crippen LogP contribution is -2.06. The summed E-state index contributed by atoms with van der Waals surface area (Å²) in [7, 11) is 1.24. The van der Waals surface area contributed by atoms with Gasteiger partial charge in [0.2, 0.25) is 11.8 Å². The molecule has 0 aliphatic heterocycles. The van der Waals surface area contributed by atoms with E-state index in [0.717, 1.165) is 12.1 Å². The summed E-state index contributed by atoms with van der Waals surface area (Å²) >= 11 is 0. The van der Waals surface area contributed by atoms with Crippen molar-refractivity contribution in [3.63, 3.8) is 0 Å². The number of hydrogen-bond donors (Lipinski definition) is 1. The maximum absolute atomic E-state index is 11.8. The van der Waals surface area contributed by atoms with Crippen molar-refractivity contribution in [1.82, 2.24) is 4.98 Å². The van der Waals surface area contributed by atoms with E-state index in [4.69, 9.17) is 5.11 Å². The molecule has 0 radical (unpaired) electrons. The first kappa shape index (κ1) is 11.2. The number of halogens is 2. The van der Waals surface area contributed by atoms with Gasteiger partial charge in [-0.3, -0.25) is 0 Å². The molecule has 1 rings (SSSR count). The van der Waals surface area contributed by atoms with Crippen molar-refractivity contribution in [1.29, 1.82) is 0 Å². The van der Waals surface area contributed by atoms with Crippen LogP contribution >= 0.6 is 0 Å². The predicted molar refractivity (Wildman–Crippen MR) is 44.4 cm³/mol. The SMILES string of the molecule is COc1cc(C(=O)O)cc(OC(F)F)n1.